The van der Waals surface area contributed by atoms with Crippen molar-refractivity contribution in [1.82, 2.24) is 30.6 Å². The largest absolute Gasteiger partial charge is 0.343 e. The number of hydrogen-bond donors (Lipinski definition) is 4. The number of aromatic amines is 2. The van der Waals surface area contributed by atoms with Crippen LogP contribution in [0.15, 0.2) is 48.6 Å². The first-order valence-electron chi connectivity index (χ1n) is 14.2. The highest BCUT2D eigenvalue weighted by atomic mass is 35.5. The number of H-pyrrole nitrogens is 2. The van der Waals surface area contributed by atoms with Gasteiger partial charge in [0.25, 0.3) is 0 Å². The van der Waals surface area contributed by atoms with Crippen LogP contribution in [0.2, 0.25) is 5.15 Å². The molecule has 10 rings (SSSR count). The quantitative estimate of drug-likeness (QED) is 0.250. The molecule has 4 fully saturated rings. The van der Waals surface area contributed by atoms with E-state index in [4.69, 9.17) is 21.6 Å². The van der Waals surface area contributed by atoms with Gasteiger partial charge in [0.05, 0.1) is 34.9 Å². The number of hydrogen-bond acceptors (Lipinski definition) is 4. The van der Waals surface area contributed by atoms with Crippen LogP contribution in [0.4, 0.5) is 0 Å². The summed E-state index contributed by atoms with van der Waals surface area (Å²) in [6.07, 6.45) is 12.7. The van der Waals surface area contributed by atoms with Crippen molar-refractivity contribution in [2.45, 2.75) is 61.7 Å². The molecule has 2 aromatic carbocycles. The predicted molar refractivity (Wildman–Crippen MR) is 152 cm³/mol. The molecule has 4 N–H and O–H groups in total. The Balaban J connectivity index is 0.897. The minimum Gasteiger partial charge on any atom is -0.343 e. The lowest BCUT2D eigenvalue weighted by atomic mass is 9.90. The van der Waals surface area contributed by atoms with Crippen LogP contribution in [-0.2, 0) is 0 Å². The van der Waals surface area contributed by atoms with E-state index in [2.05, 4.69) is 81.0 Å². The molecule has 6 nitrogen and oxygen atoms in total. The van der Waals surface area contributed by atoms with E-state index in [0.717, 1.165) is 41.2 Å². The monoisotopic (exact) mass is 530 g/mol. The van der Waals surface area contributed by atoms with Crippen molar-refractivity contribution < 1.29 is 0 Å². The van der Waals surface area contributed by atoms with Crippen molar-refractivity contribution in [3.8, 4) is 11.8 Å². The molecule has 4 heterocycles. The third kappa shape index (κ3) is 2.91. The van der Waals surface area contributed by atoms with Crippen molar-refractivity contribution in [1.29, 1.82) is 0 Å². The summed E-state index contributed by atoms with van der Waals surface area (Å²) in [6.45, 7) is 0. The Morgan fingerprint density at radius 2 is 1.92 bits per heavy atom. The third-order valence-corrected chi connectivity index (χ3v) is 10.7. The highest BCUT2D eigenvalue weighted by Gasteiger charge is 2.86. The first-order valence-corrected chi connectivity index (χ1v) is 14.6. The van der Waals surface area contributed by atoms with E-state index < -0.39 is 0 Å². The summed E-state index contributed by atoms with van der Waals surface area (Å²) in [6, 6.07) is 12.0. The van der Waals surface area contributed by atoms with Crippen molar-refractivity contribution >= 4 is 39.0 Å². The van der Waals surface area contributed by atoms with Crippen LogP contribution in [0.25, 0.3) is 27.4 Å². The van der Waals surface area contributed by atoms with E-state index in [9.17, 15) is 0 Å². The zero-order chi connectivity index (χ0) is 25.5. The first kappa shape index (κ1) is 21.5. The molecule has 0 radical (unpaired) electrons. The number of fused-ring (bicyclic) bond motifs is 4. The van der Waals surface area contributed by atoms with Gasteiger partial charge in [-0.05, 0) is 66.2 Å². The fourth-order valence-corrected chi connectivity index (χ4v) is 8.20. The SMILES string of the molecule is Clc1nc([C@@H]2CC34CC3(C4)N2)[nH]c1C1C=CC(c2ccc3c(ccc4[nH]c([C@@H]5C[C@H]6C#C[C@H]6N5)nc43)c2)=CC1. The zero-order valence-electron chi connectivity index (χ0n) is 21.3. The first-order chi connectivity index (χ1) is 19.1. The zero-order valence-corrected chi connectivity index (χ0v) is 22.1. The average molecular weight is 531 g/mol. The fraction of sp³-hybridized carbons (Fsp3) is 0.375. The van der Waals surface area contributed by atoms with Crippen molar-refractivity contribution in [3.63, 3.8) is 0 Å². The molecule has 7 heteroatoms. The molecular weight excluding hydrogens is 504 g/mol. The van der Waals surface area contributed by atoms with Gasteiger partial charge in [-0.15, -0.1) is 0 Å². The molecule has 0 amide bonds. The number of piperidine rings is 2. The number of imidazole rings is 2. The summed E-state index contributed by atoms with van der Waals surface area (Å²) in [5.41, 5.74) is 6.68. The number of halogens is 1. The Hall–Kier alpha value is -3.37. The number of rotatable bonds is 4. The minimum atomic E-state index is 0.219. The molecular formula is C32H27ClN6. The van der Waals surface area contributed by atoms with E-state index in [1.807, 2.05) is 0 Å². The topological polar surface area (TPSA) is 81.4 Å². The lowest BCUT2D eigenvalue weighted by Gasteiger charge is -2.19. The third-order valence-electron chi connectivity index (χ3n) is 10.4. The van der Waals surface area contributed by atoms with Gasteiger partial charge in [-0.1, -0.05) is 59.9 Å². The van der Waals surface area contributed by atoms with E-state index in [0.29, 0.717) is 34.1 Å². The smallest absolute Gasteiger partial charge is 0.151 e. The van der Waals surface area contributed by atoms with Gasteiger partial charge in [-0.25, -0.2) is 9.97 Å². The number of nitrogens with one attached hydrogen (secondary N) is 4. The standard InChI is InChI=1S/C32H27ClN6/c33-28-26(36-30(38-28)25-13-31-14-32(31,15-31)39-25)17-3-1-16(2-4-17)18-5-8-21-19(11-18)6-10-23-27(21)37-29(35-23)24-12-20-7-9-22(20)34-24/h1-3,5-6,8,10-11,17,20,22,24-25,34,39H,4,12-15H2,(H,35,37)(H,36,38)/t17?,20-,22-,24+,25+,31?,32?/m1/s1. The second-order valence-corrected chi connectivity index (χ2v) is 13.0. The highest BCUT2D eigenvalue weighted by molar-refractivity contribution is 6.30. The molecule has 2 aromatic heterocycles. The molecule has 192 valence electrons. The lowest BCUT2D eigenvalue weighted by Crippen LogP contribution is -2.30. The molecule has 1 unspecified atom stereocenters. The van der Waals surface area contributed by atoms with Crippen molar-refractivity contribution in [2.24, 2.45) is 11.3 Å². The molecule has 4 aliphatic carbocycles. The molecule has 39 heavy (non-hydrogen) atoms. The van der Waals surface area contributed by atoms with E-state index >= 15 is 0 Å². The molecule has 6 aliphatic rings. The maximum Gasteiger partial charge on any atom is 0.151 e. The van der Waals surface area contributed by atoms with Gasteiger partial charge in [0.15, 0.2) is 5.15 Å². The van der Waals surface area contributed by atoms with Crippen LogP contribution in [0.3, 0.4) is 0 Å². The normalized spacial score (nSPS) is 36.6. The molecule has 2 aliphatic heterocycles. The van der Waals surface area contributed by atoms with Gasteiger partial charge < -0.3 is 15.3 Å². The Kier molecular flexibility index (Phi) is 3.87. The molecule has 4 aromatic rings. The maximum atomic E-state index is 6.63. The van der Waals surface area contributed by atoms with Crippen LogP contribution in [0.5, 0.6) is 0 Å². The lowest BCUT2D eigenvalue weighted by molar-refractivity contribution is 0.399. The second-order valence-electron chi connectivity index (χ2n) is 12.7. The number of aromatic nitrogens is 4. The van der Waals surface area contributed by atoms with Crippen LogP contribution in [0.1, 0.15) is 73.0 Å². The summed E-state index contributed by atoms with van der Waals surface area (Å²) < 4.78 is 0. The maximum absolute atomic E-state index is 6.63. The van der Waals surface area contributed by atoms with E-state index in [1.54, 1.807) is 0 Å². The Morgan fingerprint density at radius 3 is 2.67 bits per heavy atom. The van der Waals surface area contributed by atoms with E-state index in [1.165, 1.54) is 41.2 Å². The number of nitrogens with zero attached hydrogens (tertiary/aromatic N) is 2. The number of allylic oxidation sites excluding steroid dienone is 4. The predicted octanol–water partition coefficient (Wildman–Crippen LogP) is 5.82. The summed E-state index contributed by atoms with van der Waals surface area (Å²) in [5.74, 6) is 9.19. The fourth-order valence-electron chi connectivity index (χ4n) is 7.93. The van der Waals surface area contributed by atoms with Crippen molar-refractivity contribution in [2.75, 3.05) is 0 Å². The van der Waals surface area contributed by atoms with Gasteiger partial charge in [0.1, 0.15) is 11.6 Å². The summed E-state index contributed by atoms with van der Waals surface area (Å²) in [4.78, 5) is 16.9. The van der Waals surface area contributed by atoms with Crippen molar-refractivity contribution in [3.05, 3.63) is 76.6 Å². The van der Waals surface area contributed by atoms with E-state index in [-0.39, 0.29) is 12.0 Å². The second kappa shape index (κ2) is 7.03. The van der Waals surface area contributed by atoms with Gasteiger partial charge >= 0.3 is 0 Å². The van der Waals surface area contributed by atoms with Crippen LogP contribution < -0.4 is 10.6 Å². The average Bonchev–Trinajstić information content (AvgIpc) is 3.36. The Labute approximate surface area is 230 Å². The summed E-state index contributed by atoms with van der Waals surface area (Å²) in [5, 5.41) is 10.4. The van der Waals surface area contributed by atoms with Crippen LogP contribution in [0, 0.1) is 23.2 Å². The molecule has 2 saturated heterocycles. The number of benzene rings is 2. The highest BCUT2D eigenvalue weighted by Crippen LogP contribution is 2.85. The van der Waals surface area contributed by atoms with Crippen LogP contribution in [-0.4, -0.2) is 31.5 Å². The summed E-state index contributed by atoms with van der Waals surface area (Å²) >= 11 is 6.63. The minimum absolute atomic E-state index is 0.219. The van der Waals surface area contributed by atoms with Gasteiger partial charge in [0.2, 0.25) is 0 Å². The molecule has 0 bridgehead atoms. The van der Waals surface area contributed by atoms with Crippen LogP contribution >= 0.6 is 11.6 Å². The van der Waals surface area contributed by atoms with Gasteiger partial charge in [-0.3, -0.25) is 5.32 Å². The summed E-state index contributed by atoms with van der Waals surface area (Å²) in [7, 11) is 0. The Morgan fingerprint density at radius 1 is 1.00 bits per heavy atom. The molecule has 2 saturated carbocycles. The van der Waals surface area contributed by atoms with Gasteiger partial charge in [-0.2, -0.15) is 0 Å². The molecule has 5 atom stereocenters. The molecule has 0 spiro atoms. The Bertz CT molecular complexity index is 1840. The van der Waals surface area contributed by atoms with Gasteiger partial charge in [0, 0.05) is 22.8 Å².